The molecule has 0 atom stereocenters. The second-order valence-electron chi connectivity index (χ2n) is 7.43. The van der Waals surface area contributed by atoms with Crippen molar-refractivity contribution < 1.29 is 4.74 Å². The lowest BCUT2D eigenvalue weighted by Gasteiger charge is -2.31. The zero-order valence-corrected chi connectivity index (χ0v) is 15.2. The third-order valence-corrected chi connectivity index (χ3v) is 4.72. The first kappa shape index (κ1) is 15.9. The molecule has 0 spiro atoms. The number of ether oxygens (including phenoxy) is 1. The number of hydrogen-bond acceptors (Lipinski definition) is 5. The summed E-state index contributed by atoms with van der Waals surface area (Å²) in [6.07, 6.45) is 4.47. The van der Waals surface area contributed by atoms with Crippen molar-refractivity contribution in [1.82, 2.24) is 19.7 Å². The molecule has 1 aliphatic rings. The third-order valence-electron chi connectivity index (χ3n) is 4.72. The maximum Gasteiger partial charge on any atom is 0.163 e. The van der Waals surface area contributed by atoms with Crippen LogP contribution in [0.3, 0.4) is 0 Å². The quantitative estimate of drug-likeness (QED) is 0.719. The van der Waals surface area contributed by atoms with Gasteiger partial charge in [0.05, 0.1) is 24.2 Å². The van der Waals surface area contributed by atoms with Gasteiger partial charge in [0.15, 0.2) is 5.65 Å². The molecule has 0 saturated carbocycles. The van der Waals surface area contributed by atoms with Crippen LogP contribution in [-0.4, -0.2) is 33.4 Å². The van der Waals surface area contributed by atoms with E-state index in [0.29, 0.717) is 0 Å². The Hall–Kier alpha value is -2.63. The van der Waals surface area contributed by atoms with Crippen LogP contribution in [0.5, 0.6) is 5.75 Å². The van der Waals surface area contributed by atoms with Crippen molar-refractivity contribution in [2.75, 3.05) is 18.6 Å². The molecule has 0 aliphatic carbocycles. The molecule has 0 amide bonds. The van der Waals surface area contributed by atoms with Crippen LogP contribution in [0, 0.1) is 0 Å². The molecular weight excluding hydrogens is 314 g/mol. The fourth-order valence-electron chi connectivity index (χ4n) is 3.52. The van der Waals surface area contributed by atoms with Crippen LogP contribution in [0.1, 0.15) is 31.9 Å². The van der Waals surface area contributed by atoms with E-state index >= 15 is 0 Å². The van der Waals surface area contributed by atoms with Crippen molar-refractivity contribution >= 4 is 16.9 Å². The topological polar surface area (TPSA) is 56.1 Å². The molecule has 0 unspecified atom stereocenters. The maximum absolute atomic E-state index is 5.51. The smallest absolute Gasteiger partial charge is 0.163 e. The van der Waals surface area contributed by atoms with Gasteiger partial charge in [-0.05, 0) is 38.8 Å². The number of benzene rings is 1. The molecular formula is C19H23N5O. The van der Waals surface area contributed by atoms with Crippen molar-refractivity contribution in [3.05, 3.63) is 41.9 Å². The van der Waals surface area contributed by atoms with E-state index in [4.69, 9.17) is 4.74 Å². The van der Waals surface area contributed by atoms with Crippen molar-refractivity contribution in [3.8, 4) is 5.75 Å². The molecule has 2 aromatic heterocycles. The molecule has 6 heteroatoms. The molecule has 1 aliphatic heterocycles. The summed E-state index contributed by atoms with van der Waals surface area (Å²) >= 11 is 0. The van der Waals surface area contributed by atoms with Gasteiger partial charge in [0, 0.05) is 18.7 Å². The summed E-state index contributed by atoms with van der Waals surface area (Å²) in [5.74, 6) is 1.93. The zero-order valence-electron chi connectivity index (χ0n) is 15.2. The van der Waals surface area contributed by atoms with Crippen LogP contribution in [0.25, 0.3) is 11.0 Å². The van der Waals surface area contributed by atoms with Gasteiger partial charge >= 0.3 is 0 Å². The predicted molar refractivity (Wildman–Crippen MR) is 98.1 cm³/mol. The molecule has 0 bridgehead atoms. The molecule has 6 nitrogen and oxygen atoms in total. The molecule has 1 aromatic carbocycles. The van der Waals surface area contributed by atoms with E-state index in [1.165, 1.54) is 11.1 Å². The summed E-state index contributed by atoms with van der Waals surface area (Å²) in [7, 11) is 1.73. The lowest BCUT2D eigenvalue weighted by Crippen LogP contribution is -2.31. The van der Waals surface area contributed by atoms with Crippen molar-refractivity contribution in [2.45, 2.75) is 39.3 Å². The molecule has 3 heterocycles. The van der Waals surface area contributed by atoms with E-state index in [9.17, 15) is 0 Å². The number of fused-ring (bicyclic) bond motifs is 2. The number of aromatic nitrogens is 4. The average molecular weight is 337 g/mol. The van der Waals surface area contributed by atoms with Gasteiger partial charge in [0.2, 0.25) is 0 Å². The Bertz CT molecular complexity index is 925. The first-order valence-corrected chi connectivity index (χ1v) is 8.58. The molecule has 3 aromatic rings. The van der Waals surface area contributed by atoms with Gasteiger partial charge < -0.3 is 9.64 Å². The number of anilines is 1. The second kappa shape index (κ2) is 5.72. The normalized spacial score (nSPS) is 14.6. The fourth-order valence-corrected chi connectivity index (χ4v) is 3.52. The number of nitrogens with zero attached hydrogens (tertiary/aromatic N) is 5. The molecule has 0 N–H and O–H groups in total. The van der Waals surface area contributed by atoms with Crippen LogP contribution in [-0.2, 0) is 18.5 Å². The average Bonchev–Trinajstić information content (AvgIpc) is 3.05. The SMILES string of the molecule is COc1cccc2c1CCN(c1ncnc3c1cnn3C(C)(C)C)C2. The summed E-state index contributed by atoms with van der Waals surface area (Å²) in [4.78, 5) is 11.4. The molecule has 130 valence electrons. The van der Waals surface area contributed by atoms with Crippen molar-refractivity contribution in [3.63, 3.8) is 0 Å². The highest BCUT2D eigenvalue weighted by Gasteiger charge is 2.24. The van der Waals surface area contributed by atoms with E-state index in [1.54, 1.807) is 13.4 Å². The third kappa shape index (κ3) is 2.62. The highest BCUT2D eigenvalue weighted by Crippen LogP contribution is 2.32. The Morgan fingerprint density at radius 2 is 2.00 bits per heavy atom. The Morgan fingerprint density at radius 1 is 1.16 bits per heavy atom. The summed E-state index contributed by atoms with van der Waals surface area (Å²) in [5.41, 5.74) is 3.36. The van der Waals surface area contributed by atoms with Gasteiger partial charge in [0.1, 0.15) is 17.9 Å². The Morgan fingerprint density at radius 3 is 2.76 bits per heavy atom. The van der Waals surface area contributed by atoms with Gasteiger partial charge in [-0.2, -0.15) is 5.10 Å². The lowest BCUT2D eigenvalue weighted by molar-refractivity contribution is 0.366. The van der Waals surface area contributed by atoms with E-state index in [-0.39, 0.29) is 5.54 Å². The van der Waals surface area contributed by atoms with Gasteiger partial charge in [0.25, 0.3) is 0 Å². The van der Waals surface area contributed by atoms with Gasteiger partial charge in [-0.1, -0.05) is 12.1 Å². The van der Waals surface area contributed by atoms with Crippen molar-refractivity contribution in [2.24, 2.45) is 0 Å². The van der Waals surface area contributed by atoms with Crippen LogP contribution in [0.2, 0.25) is 0 Å². The summed E-state index contributed by atoms with van der Waals surface area (Å²) < 4.78 is 7.47. The summed E-state index contributed by atoms with van der Waals surface area (Å²) in [6, 6.07) is 6.25. The van der Waals surface area contributed by atoms with Crippen LogP contribution in [0.15, 0.2) is 30.7 Å². The highest BCUT2D eigenvalue weighted by molar-refractivity contribution is 5.87. The predicted octanol–water partition coefficient (Wildman–Crippen LogP) is 3.15. The Labute approximate surface area is 147 Å². The van der Waals surface area contributed by atoms with E-state index < -0.39 is 0 Å². The minimum Gasteiger partial charge on any atom is -0.496 e. The van der Waals surface area contributed by atoms with Gasteiger partial charge in [-0.3, -0.25) is 0 Å². The molecule has 25 heavy (non-hydrogen) atoms. The molecule has 4 rings (SSSR count). The largest absolute Gasteiger partial charge is 0.496 e. The second-order valence-corrected chi connectivity index (χ2v) is 7.43. The van der Waals surface area contributed by atoms with E-state index in [1.807, 2.05) is 23.0 Å². The number of hydrogen-bond donors (Lipinski definition) is 0. The lowest BCUT2D eigenvalue weighted by atomic mass is 9.98. The molecule has 0 radical (unpaired) electrons. The maximum atomic E-state index is 5.51. The van der Waals surface area contributed by atoms with E-state index in [0.717, 1.165) is 42.1 Å². The van der Waals surface area contributed by atoms with Gasteiger partial charge in [-0.25, -0.2) is 14.6 Å². The minimum atomic E-state index is -0.116. The van der Waals surface area contributed by atoms with Crippen LogP contribution < -0.4 is 9.64 Å². The summed E-state index contributed by atoms with van der Waals surface area (Å²) in [5, 5.41) is 5.56. The van der Waals surface area contributed by atoms with Crippen molar-refractivity contribution in [1.29, 1.82) is 0 Å². The minimum absolute atomic E-state index is 0.116. The number of methoxy groups -OCH3 is 1. The van der Waals surface area contributed by atoms with E-state index in [2.05, 4.69) is 46.8 Å². The summed E-state index contributed by atoms with van der Waals surface area (Å²) in [6.45, 7) is 8.11. The first-order chi connectivity index (χ1) is 12.0. The first-order valence-electron chi connectivity index (χ1n) is 8.58. The zero-order chi connectivity index (χ0) is 17.6. The molecule has 0 saturated heterocycles. The van der Waals surface area contributed by atoms with Crippen LogP contribution in [0.4, 0.5) is 5.82 Å². The van der Waals surface area contributed by atoms with Gasteiger partial charge in [-0.15, -0.1) is 0 Å². The fraction of sp³-hybridized carbons (Fsp3) is 0.421. The highest BCUT2D eigenvalue weighted by atomic mass is 16.5. The number of rotatable bonds is 2. The Balaban J connectivity index is 1.75. The Kier molecular flexibility index (Phi) is 3.63. The van der Waals surface area contributed by atoms with Crippen LogP contribution >= 0.6 is 0 Å². The monoisotopic (exact) mass is 337 g/mol. The standard InChI is InChI=1S/C19H23N5O/c1-19(2,3)24-18-15(10-22-24)17(20-12-21-18)23-9-8-14-13(11-23)6-5-7-16(14)25-4/h5-7,10,12H,8-9,11H2,1-4H3. The molecule has 0 fully saturated rings.